The Hall–Kier alpha value is -3.03. The van der Waals surface area contributed by atoms with Crippen molar-refractivity contribution in [3.63, 3.8) is 0 Å². The summed E-state index contributed by atoms with van der Waals surface area (Å²) in [6.45, 7) is 5.39. The summed E-state index contributed by atoms with van der Waals surface area (Å²) in [4.78, 5) is 29.5. The summed E-state index contributed by atoms with van der Waals surface area (Å²) in [7, 11) is 1.80. The fourth-order valence-corrected chi connectivity index (χ4v) is 3.58. The lowest BCUT2D eigenvalue weighted by Crippen LogP contribution is -2.43. The van der Waals surface area contributed by atoms with E-state index in [2.05, 4.69) is 15.4 Å². The summed E-state index contributed by atoms with van der Waals surface area (Å²) in [5.41, 5.74) is 2.72. The Morgan fingerprint density at radius 1 is 1.15 bits per heavy atom. The maximum Gasteiger partial charge on any atom is 0.320 e. The molecule has 33 heavy (non-hydrogen) atoms. The number of ketones is 1. The van der Waals surface area contributed by atoms with Crippen LogP contribution in [0.25, 0.3) is 11.3 Å². The average Bonchev–Trinajstić information content (AvgIpc) is 3.11. The Bertz CT molecular complexity index is 1110. The predicted octanol–water partition coefficient (Wildman–Crippen LogP) is 3.79. The van der Waals surface area contributed by atoms with Crippen LogP contribution in [0.2, 0.25) is 5.15 Å². The van der Waals surface area contributed by atoms with Crippen LogP contribution in [-0.2, 0) is 34.2 Å². The minimum absolute atomic E-state index is 0.0373. The molecule has 0 saturated carbocycles. The topological polar surface area (TPSA) is 86.1 Å². The van der Waals surface area contributed by atoms with Crippen LogP contribution < -0.4 is 5.32 Å². The average molecular weight is 469 g/mol. The molecule has 8 heteroatoms. The minimum Gasteiger partial charge on any atom is -0.459 e. The first-order valence-corrected chi connectivity index (χ1v) is 11.2. The molecule has 3 aromatic rings. The first kappa shape index (κ1) is 24.6. The molecule has 0 amide bonds. The van der Waals surface area contributed by atoms with E-state index in [4.69, 9.17) is 16.3 Å². The van der Waals surface area contributed by atoms with Crippen molar-refractivity contribution in [1.29, 1.82) is 0 Å². The quantitative estimate of drug-likeness (QED) is 0.380. The van der Waals surface area contributed by atoms with Crippen molar-refractivity contribution in [3.05, 3.63) is 71.1 Å². The third-order valence-corrected chi connectivity index (χ3v) is 5.15. The number of benzene rings is 1. The number of carbonyl (C=O) groups excluding carboxylic acids is 2. The van der Waals surface area contributed by atoms with E-state index in [-0.39, 0.29) is 18.7 Å². The fourth-order valence-electron chi connectivity index (χ4n) is 3.41. The number of hydrogen-bond acceptors (Lipinski definition) is 6. The molecule has 0 saturated heterocycles. The lowest BCUT2D eigenvalue weighted by molar-refractivity contribution is -0.153. The molecule has 0 fully saturated rings. The molecule has 1 aromatic carbocycles. The zero-order valence-corrected chi connectivity index (χ0v) is 20.1. The molecule has 0 aliphatic rings. The van der Waals surface area contributed by atoms with Gasteiger partial charge in [-0.15, -0.1) is 0 Å². The molecule has 0 bridgehead atoms. The van der Waals surface area contributed by atoms with Gasteiger partial charge in [0.2, 0.25) is 0 Å². The Labute approximate surface area is 199 Å². The van der Waals surface area contributed by atoms with Gasteiger partial charge in [-0.1, -0.05) is 41.9 Å². The number of hydrogen-bond donors (Lipinski definition) is 1. The maximum absolute atomic E-state index is 13.3. The number of aromatic nitrogens is 3. The molecule has 0 aliphatic carbocycles. The Balaban J connectivity index is 1.74. The maximum atomic E-state index is 13.3. The first-order valence-electron chi connectivity index (χ1n) is 10.8. The fraction of sp³-hybridized carbons (Fsp3) is 0.360. The molecular formula is C25H29ClN4O3. The number of nitrogens with one attached hydrogen (secondary N) is 1. The van der Waals surface area contributed by atoms with E-state index in [1.165, 1.54) is 0 Å². The largest absolute Gasteiger partial charge is 0.459 e. The molecule has 174 valence electrons. The van der Waals surface area contributed by atoms with E-state index in [0.29, 0.717) is 17.3 Å². The monoisotopic (exact) mass is 468 g/mol. The molecule has 3 rings (SSSR count). The van der Waals surface area contributed by atoms with Crippen LogP contribution in [0, 0.1) is 0 Å². The van der Waals surface area contributed by atoms with Gasteiger partial charge in [-0.05, 0) is 51.0 Å². The van der Waals surface area contributed by atoms with Gasteiger partial charge >= 0.3 is 5.97 Å². The predicted molar refractivity (Wildman–Crippen MR) is 128 cm³/mol. The van der Waals surface area contributed by atoms with Gasteiger partial charge in [0.15, 0.2) is 5.78 Å². The van der Waals surface area contributed by atoms with Crippen molar-refractivity contribution < 1.29 is 14.3 Å². The summed E-state index contributed by atoms with van der Waals surface area (Å²) < 4.78 is 7.06. The third-order valence-electron chi connectivity index (χ3n) is 4.94. The van der Waals surface area contributed by atoms with E-state index < -0.39 is 17.6 Å². The van der Waals surface area contributed by atoms with Crippen LogP contribution in [-0.4, -0.2) is 44.7 Å². The van der Waals surface area contributed by atoms with Gasteiger partial charge in [0.1, 0.15) is 10.8 Å². The second-order valence-electron chi connectivity index (χ2n) is 8.86. The van der Waals surface area contributed by atoms with Crippen molar-refractivity contribution >= 4 is 23.4 Å². The van der Waals surface area contributed by atoms with Gasteiger partial charge in [-0.2, -0.15) is 5.10 Å². The van der Waals surface area contributed by atoms with Crippen LogP contribution >= 0.6 is 11.6 Å². The zero-order chi connectivity index (χ0) is 24.0. The number of ether oxygens (including phenoxy) is 1. The van der Waals surface area contributed by atoms with Crippen LogP contribution in [0.1, 0.15) is 32.0 Å². The second kappa shape index (κ2) is 10.7. The highest BCUT2D eigenvalue weighted by molar-refractivity contribution is 6.29. The number of esters is 1. The summed E-state index contributed by atoms with van der Waals surface area (Å²) in [6.07, 6.45) is 2.25. The SMILES string of the molecule is Cn1nc(-c2ccnc(Cl)c2)cc1CC(=O)[C@H](Cc1ccccc1)NCC(=O)OC(C)(C)C. The number of aryl methyl sites for hydroxylation is 1. The number of pyridine rings is 1. The van der Waals surface area contributed by atoms with Crippen molar-refractivity contribution in [2.75, 3.05) is 6.54 Å². The van der Waals surface area contributed by atoms with Gasteiger partial charge in [-0.25, -0.2) is 4.98 Å². The van der Waals surface area contributed by atoms with E-state index in [1.54, 1.807) is 24.0 Å². The van der Waals surface area contributed by atoms with E-state index in [0.717, 1.165) is 16.8 Å². The number of nitrogens with zero attached hydrogens (tertiary/aromatic N) is 3. The third kappa shape index (κ3) is 7.51. The van der Waals surface area contributed by atoms with Gasteiger partial charge in [-0.3, -0.25) is 19.6 Å². The standard InChI is InChI=1S/C25H29ClN4O3/c1-25(2,3)33-24(32)16-28-21(12-17-8-6-5-7-9-17)22(31)15-19-14-20(29-30(19)4)18-10-11-27-23(26)13-18/h5-11,13-14,21,28H,12,15-16H2,1-4H3/t21-/m0/s1. The highest BCUT2D eigenvalue weighted by atomic mass is 35.5. The molecular weight excluding hydrogens is 440 g/mol. The van der Waals surface area contributed by atoms with Gasteiger partial charge in [0.25, 0.3) is 0 Å². The molecule has 1 N–H and O–H groups in total. The normalized spacial score (nSPS) is 12.4. The first-order chi connectivity index (χ1) is 15.6. The van der Waals surface area contributed by atoms with Crippen molar-refractivity contribution in [3.8, 4) is 11.3 Å². The van der Waals surface area contributed by atoms with Crippen LogP contribution in [0.4, 0.5) is 0 Å². The smallest absolute Gasteiger partial charge is 0.320 e. The highest BCUT2D eigenvalue weighted by Crippen LogP contribution is 2.21. The minimum atomic E-state index is -0.585. The molecule has 1 atom stereocenters. The molecule has 2 heterocycles. The highest BCUT2D eigenvalue weighted by Gasteiger charge is 2.23. The van der Waals surface area contributed by atoms with Crippen LogP contribution in [0.5, 0.6) is 0 Å². The van der Waals surface area contributed by atoms with Crippen molar-refractivity contribution in [2.45, 2.75) is 45.3 Å². The summed E-state index contributed by atoms with van der Waals surface area (Å²) >= 11 is 6.00. The Morgan fingerprint density at radius 3 is 2.55 bits per heavy atom. The molecule has 0 unspecified atom stereocenters. The number of Topliss-reactive ketones (excluding diaryl/α,β-unsaturated/α-hetero) is 1. The number of rotatable bonds is 9. The summed E-state index contributed by atoms with van der Waals surface area (Å²) in [6, 6.07) is 14.6. The van der Waals surface area contributed by atoms with Gasteiger partial charge in [0, 0.05) is 24.5 Å². The lowest BCUT2D eigenvalue weighted by Gasteiger charge is -2.22. The molecule has 7 nitrogen and oxygen atoms in total. The second-order valence-corrected chi connectivity index (χ2v) is 9.25. The molecule has 0 radical (unpaired) electrons. The lowest BCUT2D eigenvalue weighted by atomic mass is 9.99. The van der Waals surface area contributed by atoms with Crippen molar-refractivity contribution in [1.82, 2.24) is 20.1 Å². The van der Waals surface area contributed by atoms with E-state index in [1.807, 2.05) is 63.2 Å². The zero-order valence-electron chi connectivity index (χ0n) is 19.3. The Morgan fingerprint density at radius 2 is 1.88 bits per heavy atom. The molecule has 0 spiro atoms. The Kier molecular flexibility index (Phi) is 8.00. The summed E-state index contributed by atoms with van der Waals surface area (Å²) in [5, 5.41) is 7.99. The molecule has 0 aliphatic heterocycles. The van der Waals surface area contributed by atoms with Crippen LogP contribution in [0.15, 0.2) is 54.7 Å². The molecule has 2 aromatic heterocycles. The van der Waals surface area contributed by atoms with Crippen molar-refractivity contribution in [2.24, 2.45) is 7.05 Å². The van der Waals surface area contributed by atoms with E-state index >= 15 is 0 Å². The number of halogens is 1. The van der Waals surface area contributed by atoms with Crippen LogP contribution in [0.3, 0.4) is 0 Å². The number of carbonyl (C=O) groups is 2. The van der Waals surface area contributed by atoms with Gasteiger partial charge < -0.3 is 4.74 Å². The van der Waals surface area contributed by atoms with Gasteiger partial charge in [0.05, 0.1) is 24.7 Å². The summed E-state index contributed by atoms with van der Waals surface area (Å²) in [5.74, 6) is -0.435. The van der Waals surface area contributed by atoms with E-state index in [9.17, 15) is 9.59 Å².